The summed E-state index contributed by atoms with van der Waals surface area (Å²) in [6.07, 6.45) is 1.74. The highest BCUT2D eigenvalue weighted by atomic mass is 32.2. The van der Waals surface area contributed by atoms with Crippen molar-refractivity contribution in [1.29, 1.82) is 0 Å². The maximum Gasteiger partial charge on any atom is 0.294 e. The van der Waals surface area contributed by atoms with E-state index in [9.17, 15) is 8.42 Å². The third-order valence-electron chi connectivity index (χ3n) is 2.69. The molecule has 1 atom stereocenters. The molecule has 0 saturated heterocycles. The quantitative estimate of drug-likeness (QED) is 0.653. The first-order valence-electron chi connectivity index (χ1n) is 4.98. The first-order chi connectivity index (χ1) is 7.27. The summed E-state index contributed by atoms with van der Waals surface area (Å²) < 4.78 is 31.4. The van der Waals surface area contributed by atoms with Gasteiger partial charge in [0.05, 0.1) is 4.90 Å². The van der Waals surface area contributed by atoms with Gasteiger partial charge in [0, 0.05) is 0 Å². The van der Waals surface area contributed by atoms with E-state index < -0.39 is 10.1 Å². The van der Waals surface area contributed by atoms with Gasteiger partial charge in [-0.3, -0.25) is 4.55 Å². The molecule has 0 aliphatic carbocycles. The second kappa shape index (κ2) is 4.39. The lowest BCUT2D eigenvalue weighted by molar-refractivity contribution is 0.482. The number of rotatable bonds is 3. The molecule has 0 spiro atoms. The molecule has 4 heteroatoms. The average Bonchev–Trinajstić information content (AvgIpc) is 2.14. The van der Waals surface area contributed by atoms with Crippen LogP contribution in [-0.2, 0) is 10.1 Å². The van der Waals surface area contributed by atoms with Crippen molar-refractivity contribution in [3.8, 4) is 0 Å². The van der Waals surface area contributed by atoms with Gasteiger partial charge < -0.3 is 0 Å². The minimum Gasteiger partial charge on any atom is -0.282 e. The lowest BCUT2D eigenvalue weighted by atomic mass is 9.95. The zero-order valence-corrected chi connectivity index (χ0v) is 10.5. The molecule has 0 amide bonds. The van der Waals surface area contributed by atoms with Crippen molar-refractivity contribution in [2.75, 3.05) is 0 Å². The van der Waals surface area contributed by atoms with E-state index in [0.29, 0.717) is 5.56 Å². The summed E-state index contributed by atoms with van der Waals surface area (Å²) in [6, 6.07) is 3.28. The van der Waals surface area contributed by atoms with Crippen molar-refractivity contribution >= 4 is 10.1 Å². The largest absolute Gasteiger partial charge is 0.294 e. The standard InChI is InChI=1S/C12H16O3S/c1-5-8(2)11-7-12(16(13,14)15)10(4)6-9(11)3/h5-8H,1H2,2-4H3,(H,13,14,15). The fourth-order valence-electron chi connectivity index (χ4n) is 1.74. The molecule has 16 heavy (non-hydrogen) atoms. The van der Waals surface area contributed by atoms with Crippen molar-refractivity contribution < 1.29 is 13.0 Å². The number of hydrogen-bond donors (Lipinski definition) is 1. The number of benzene rings is 1. The van der Waals surface area contributed by atoms with Crippen LogP contribution in [-0.4, -0.2) is 13.0 Å². The first kappa shape index (κ1) is 12.9. The van der Waals surface area contributed by atoms with Crippen molar-refractivity contribution in [2.24, 2.45) is 0 Å². The lowest BCUT2D eigenvalue weighted by Gasteiger charge is -2.13. The molecule has 0 aliphatic rings. The Morgan fingerprint density at radius 1 is 1.31 bits per heavy atom. The van der Waals surface area contributed by atoms with Crippen LogP contribution in [0.1, 0.15) is 29.5 Å². The Balaban J connectivity index is 3.50. The van der Waals surface area contributed by atoms with Crippen LogP contribution in [0.5, 0.6) is 0 Å². The van der Waals surface area contributed by atoms with Crippen LogP contribution in [0.2, 0.25) is 0 Å². The molecule has 1 rings (SSSR count). The van der Waals surface area contributed by atoms with Gasteiger partial charge in [0.1, 0.15) is 0 Å². The molecule has 1 unspecified atom stereocenters. The molecule has 0 fully saturated rings. The Morgan fingerprint density at radius 2 is 1.88 bits per heavy atom. The molecular formula is C12H16O3S. The highest BCUT2D eigenvalue weighted by Crippen LogP contribution is 2.26. The summed E-state index contributed by atoms with van der Waals surface area (Å²) in [7, 11) is -4.15. The van der Waals surface area contributed by atoms with Crippen LogP contribution in [0.3, 0.4) is 0 Å². The fraction of sp³-hybridized carbons (Fsp3) is 0.333. The highest BCUT2D eigenvalue weighted by Gasteiger charge is 2.16. The Bertz CT molecular complexity index is 515. The van der Waals surface area contributed by atoms with Crippen molar-refractivity contribution in [1.82, 2.24) is 0 Å². The summed E-state index contributed by atoms with van der Waals surface area (Å²) >= 11 is 0. The van der Waals surface area contributed by atoms with Crippen molar-refractivity contribution in [3.05, 3.63) is 41.5 Å². The summed E-state index contributed by atoms with van der Waals surface area (Å²) in [6.45, 7) is 9.19. The zero-order chi connectivity index (χ0) is 12.5. The molecular weight excluding hydrogens is 224 g/mol. The van der Waals surface area contributed by atoms with Gasteiger partial charge in [0.25, 0.3) is 10.1 Å². The van der Waals surface area contributed by atoms with Crippen LogP contribution in [0.25, 0.3) is 0 Å². The summed E-state index contributed by atoms with van der Waals surface area (Å²) in [5.41, 5.74) is 2.42. The van der Waals surface area contributed by atoms with Gasteiger partial charge in [-0.15, -0.1) is 6.58 Å². The van der Waals surface area contributed by atoms with Gasteiger partial charge in [-0.2, -0.15) is 8.42 Å². The predicted octanol–water partition coefficient (Wildman–Crippen LogP) is 2.84. The maximum atomic E-state index is 11.2. The molecule has 3 nitrogen and oxygen atoms in total. The second-order valence-electron chi connectivity index (χ2n) is 3.97. The molecule has 1 aromatic rings. The highest BCUT2D eigenvalue weighted by molar-refractivity contribution is 7.85. The van der Waals surface area contributed by atoms with E-state index in [4.69, 9.17) is 4.55 Å². The van der Waals surface area contributed by atoms with Gasteiger partial charge in [-0.1, -0.05) is 19.1 Å². The molecule has 0 aromatic heterocycles. The zero-order valence-electron chi connectivity index (χ0n) is 9.69. The van der Waals surface area contributed by atoms with E-state index in [1.165, 1.54) is 6.07 Å². The number of allylic oxidation sites excluding steroid dienone is 1. The molecule has 1 aromatic carbocycles. The summed E-state index contributed by atoms with van der Waals surface area (Å²) in [4.78, 5) is -0.0261. The predicted molar refractivity (Wildman–Crippen MR) is 64.3 cm³/mol. The summed E-state index contributed by atoms with van der Waals surface area (Å²) in [5.74, 6) is 0.0566. The average molecular weight is 240 g/mol. The van der Waals surface area contributed by atoms with Crippen LogP contribution < -0.4 is 0 Å². The topological polar surface area (TPSA) is 54.4 Å². The SMILES string of the molecule is C=CC(C)c1cc(S(=O)(=O)O)c(C)cc1C. The molecule has 88 valence electrons. The Morgan fingerprint density at radius 3 is 2.31 bits per heavy atom. The molecule has 0 heterocycles. The molecule has 0 radical (unpaired) electrons. The van der Waals surface area contributed by atoms with Gasteiger partial charge in [-0.25, -0.2) is 0 Å². The normalized spacial score (nSPS) is 13.5. The monoisotopic (exact) mass is 240 g/mol. The van der Waals surface area contributed by atoms with Crippen LogP contribution in [0, 0.1) is 13.8 Å². The first-order valence-corrected chi connectivity index (χ1v) is 6.42. The van der Waals surface area contributed by atoms with E-state index >= 15 is 0 Å². The minimum atomic E-state index is -4.15. The number of aryl methyl sites for hydroxylation is 2. The smallest absolute Gasteiger partial charge is 0.282 e. The van der Waals surface area contributed by atoms with E-state index in [2.05, 4.69) is 6.58 Å². The molecule has 0 aliphatic heterocycles. The van der Waals surface area contributed by atoms with Gasteiger partial charge in [0.15, 0.2) is 0 Å². The van der Waals surface area contributed by atoms with E-state index in [1.807, 2.05) is 13.8 Å². The Hall–Kier alpha value is -1.13. The third kappa shape index (κ3) is 2.51. The second-order valence-corrected chi connectivity index (χ2v) is 5.36. The van der Waals surface area contributed by atoms with Gasteiger partial charge in [-0.05, 0) is 42.5 Å². The maximum absolute atomic E-state index is 11.2. The molecule has 0 saturated carbocycles. The van der Waals surface area contributed by atoms with Crippen LogP contribution in [0.15, 0.2) is 29.7 Å². The van der Waals surface area contributed by atoms with E-state index in [1.54, 1.807) is 19.1 Å². The van der Waals surface area contributed by atoms with Crippen LogP contribution >= 0.6 is 0 Å². The fourth-order valence-corrected chi connectivity index (χ4v) is 2.49. The Kier molecular flexibility index (Phi) is 3.55. The Labute approximate surface area is 96.6 Å². The van der Waals surface area contributed by atoms with Crippen LogP contribution in [0.4, 0.5) is 0 Å². The van der Waals surface area contributed by atoms with E-state index in [-0.39, 0.29) is 10.8 Å². The van der Waals surface area contributed by atoms with Gasteiger partial charge in [0.2, 0.25) is 0 Å². The number of hydrogen-bond acceptors (Lipinski definition) is 2. The van der Waals surface area contributed by atoms with Gasteiger partial charge >= 0.3 is 0 Å². The summed E-state index contributed by atoms with van der Waals surface area (Å²) in [5, 5.41) is 0. The van der Waals surface area contributed by atoms with Crippen molar-refractivity contribution in [2.45, 2.75) is 31.6 Å². The minimum absolute atomic E-state index is 0.0261. The van der Waals surface area contributed by atoms with Crippen molar-refractivity contribution in [3.63, 3.8) is 0 Å². The third-order valence-corrected chi connectivity index (χ3v) is 3.68. The molecule has 1 N–H and O–H groups in total. The lowest BCUT2D eigenvalue weighted by Crippen LogP contribution is -2.04. The van der Waals surface area contributed by atoms with E-state index in [0.717, 1.165) is 11.1 Å². The molecule has 0 bridgehead atoms.